The monoisotopic (exact) mass is 345 g/mol. The molecule has 0 spiro atoms. The number of carbonyl (C=O) groups is 2. The molecule has 1 heterocycles. The van der Waals surface area contributed by atoms with Gasteiger partial charge in [0.1, 0.15) is 0 Å². The number of likely N-dealkylation sites (tertiary alicyclic amines) is 1. The molecule has 25 heavy (non-hydrogen) atoms. The van der Waals surface area contributed by atoms with Gasteiger partial charge in [-0.3, -0.25) is 4.79 Å². The first-order valence-electron chi connectivity index (χ1n) is 9.51. The summed E-state index contributed by atoms with van der Waals surface area (Å²) in [5.74, 6) is -0.0342. The van der Waals surface area contributed by atoms with Crippen molar-refractivity contribution in [3.05, 3.63) is 35.9 Å². The zero-order valence-electron chi connectivity index (χ0n) is 15.5. The molecular weight excluding hydrogens is 314 g/mol. The highest BCUT2D eigenvalue weighted by molar-refractivity contribution is 5.94. The fraction of sp³-hybridized carbons (Fsp3) is 0.600. The zero-order chi connectivity index (χ0) is 18.1. The van der Waals surface area contributed by atoms with Crippen LogP contribution in [0.1, 0.15) is 62.7 Å². The molecule has 1 atom stereocenters. The van der Waals surface area contributed by atoms with E-state index in [1.807, 2.05) is 35.2 Å². The summed E-state index contributed by atoms with van der Waals surface area (Å²) in [6.45, 7) is 5.63. The minimum absolute atomic E-state index is 0.0248. The van der Waals surface area contributed by atoms with Crippen LogP contribution in [0.3, 0.4) is 0 Å². The first-order chi connectivity index (χ1) is 12.1. The lowest BCUT2D eigenvalue weighted by Crippen LogP contribution is -2.50. The Kier molecular flexibility index (Phi) is 7.76. The summed E-state index contributed by atoms with van der Waals surface area (Å²) in [7, 11) is 0. The van der Waals surface area contributed by atoms with Gasteiger partial charge in [0.2, 0.25) is 0 Å². The van der Waals surface area contributed by atoms with Crippen LogP contribution in [-0.4, -0.2) is 42.0 Å². The Morgan fingerprint density at radius 3 is 2.48 bits per heavy atom. The summed E-state index contributed by atoms with van der Waals surface area (Å²) < 4.78 is 0. The number of amides is 3. The van der Waals surface area contributed by atoms with Crippen LogP contribution in [0.4, 0.5) is 4.79 Å². The molecule has 0 radical (unpaired) electrons. The highest BCUT2D eigenvalue weighted by Gasteiger charge is 2.24. The Morgan fingerprint density at radius 1 is 1.16 bits per heavy atom. The average Bonchev–Trinajstić information content (AvgIpc) is 2.63. The highest BCUT2D eigenvalue weighted by Crippen LogP contribution is 2.12. The quantitative estimate of drug-likeness (QED) is 0.742. The normalized spacial score (nSPS) is 16.3. The van der Waals surface area contributed by atoms with Crippen molar-refractivity contribution in [2.24, 2.45) is 0 Å². The molecule has 1 fully saturated rings. The van der Waals surface area contributed by atoms with E-state index in [9.17, 15) is 9.59 Å². The molecule has 1 unspecified atom stereocenters. The molecule has 1 aromatic carbocycles. The largest absolute Gasteiger partial charge is 0.349 e. The Hall–Kier alpha value is -2.04. The van der Waals surface area contributed by atoms with Crippen molar-refractivity contribution in [3.63, 3.8) is 0 Å². The number of nitrogens with one attached hydrogen (secondary N) is 2. The first-order valence-corrected chi connectivity index (χ1v) is 9.51. The molecule has 2 rings (SSSR count). The van der Waals surface area contributed by atoms with E-state index in [0.717, 1.165) is 25.7 Å². The van der Waals surface area contributed by atoms with Crippen LogP contribution in [0, 0.1) is 0 Å². The first kappa shape index (κ1) is 19.3. The number of hydrogen-bond donors (Lipinski definition) is 2. The van der Waals surface area contributed by atoms with Gasteiger partial charge in [0.05, 0.1) is 0 Å². The molecule has 1 aromatic rings. The molecule has 0 bridgehead atoms. The van der Waals surface area contributed by atoms with Crippen LogP contribution in [0.5, 0.6) is 0 Å². The van der Waals surface area contributed by atoms with Crippen LogP contribution < -0.4 is 10.6 Å². The lowest BCUT2D eigenvalue weighted by Gasteiger charge is -2.33. The molecule has 0 aromatic heterocycles. The predicted molar refractivity (Wildman–Crippen MR) is 101 cm³/mol. The van der Waals surface area contributed by atoms with Crippen LogP contribution in [0.25, 0.3) is 0 Å². The molecule has 3 amide bonds. The molecular formula is C20H31N3O2. The smallest absolute Gasteiger partial charge is 0.317 e. The number of rotatable bonds is 7. The van der Waals surface area contributed by atoms with E-state index in [0.29, 0.717) is 18.7 Å². The lowest BCUT2D eigenvalue weighted by molar-refractivity contribution is 0.0917. The molecule has 0 saturated carbocycles. The maximum atomic E-state index is 12.3. The minimum atomic E-state index is -0.0342. The van der Waals surface area contributed by atoms with Crippen molar-refractivity contribution >= 4 is 11.9 Å². The van der Waals surface area contributed by atoms with Gasteiger partial charge in [-0.15, -0.1) is 0 Å². The number of unbranched alkanes of at least 4 members (excludes halogenated alkanes) is 2. The van der Waals surface area contributed by atoms with Gasteiger partial charge in [0.25, 0.3) is 5.91 Å². The Labute approximate surface area is 151 Å². The van der Waals surface area contributed by atoms with Gasteiger partial charge >= 0.3 is 6.03 Å². The van der Waals surface area contributed by atoms with Gasteiger partial charge in [-0.1, -0.05) is 44.4 Å². The van der Waals surface area contributed by atoms with E-state index in [2.05, 4.69) is 24.5 Å². The van der Waals surface area contributed by atoms with Crippen molar-refractivity contribution in [1.29, 1.82) is 0 Å². The van der Waals surface area contributed by atoms with E-state index in [1.54, 1.807) is 0 Å². The number of piperidine rings is 1. The van der Waals surface area contributed by atoms with E-state index >= 15 is 0 Å². The van der Waals surface area contributed by atoms with Crippen molar-refractivity contribution in [1.82, 2.24) is 15.5 Å². The summed E-state index contributed by atoms with van der Waals surface area (Å²) >= 11 is 0. The summed E-state index contributed by atoms with van der Waals surface area (Å²) in [6, 6.07) is 9.64. The van der Waals surface area contributed by atoms with E-state index in [1.165, 1.54) is 12.8 Å². The van der Waals surface area contributed by atoms with Gasteiger partial charge in [-0.2, -0.15) is 0 Å². The van der Waals surface area contributed by atoms with Crippen LogP contribution in [-0.2, 0) is 0 Å². The fourth-order valence-corrected chi connectivity index (χ4v) is 3.16. The van der Waals surface area contributed by atoms with E-state index in [-0.39, 0.29) is 24.0 Å². The Balaban J connectivity index is 1.70. The maximum absolute atomic E-state index is 12.3. The lowest BCUT2D eigenvalue weighted by atomic mass is 10.0. The van der Waals surface area contributed by atoms with E-state index < -0.39 is 0 Å². The molecule has 0 aliphatic carbocycles. The molecule has 2 N–H and O–H groups in total. The second-order valence-corrected chi connectivity index (χ2v) is 6.95. The number of nitrogens with zero attached hydrogens (tertiary/aromatic N) is 1. The number of benzene rings is 1. The van der Waals surface area contributed by atoms with Gasteiger partial charge in [0.15, 0.2) is 0 Å². The Bertz CT molecular complexity index is 539. The second kappa shape index (κ2) is 10.1. The molecule has 138 valence electrons. The molecule has 5 heteroatoms. The average molecular weight is 345 g/mol. The van der Waals surface area contributed by atoms with Crippen LogP contribution in [0.2, 0.25) is 0 Å². The SMILES string of the molecule is CCCCCC(C)NC(=O)N1CCC(NC(=O)c2ccccc2)CC1. The third-order valence-corrected chi connectivity index (χ3v) is 4.76. The van der Waals surface area contributed by atoms with Crippen molar-refractivity contribution < 1.29 is 9.59 Å². The number of carbonyl (C=O) groups excluding carboxylic acids is 2. The summed E-state index contributed by atoms with van der Waals surface area (Å²) in [5.41, 5.74) is 0.684. The third-order valence-electron chi connectivity index (χ3n) is 4.76. The molecule has 1 aliphatic heterocycles. The molecule has 5 nitrogen and oxygen atoms in total. The standard InChI is InChI=1S/C20H31N3O2/c1-3-4-6-9-16(2)21-20(25)23-14-12-18(13-15-23)22-19(24)17-10-7-5-8-11-17/h5,7-8,10-11,16,18H,3-4,6,9,12-15H2,1-2H3,(H,21,25)(H,22,24). The minimum Gasteiger partial charge on any atom is -0.349 e. The van der Waals surface area contributed by atoms with Gasteiger partial charge in [0, 0.05) is 30.7 Å². The number of hydrogen-bond acceptors (Lipinski definition) is 2. The van der Waals surface area contributed by atoms with Gasteiger partial charge in [-0.05, 0) is 38.3 Å². The second-order valence-electron chi connectivity index (χ2n) is 6.95. The topological polar surface area (TPSA) is 61.4 Å². The highest BCUT2D eigenvalue weighted by atomic mass is 16.2. The predicted octanol–water partition coefficient (Wildman–Crippen LogP) is 3.56. The van der Waals surface area contributed by atoms with E-state index in [4.69, 9.17) is 0 Å². The van der Waals surface area contributed by atoms with Crippen LogP contribution in [0.15, 0.2) is 30.3 Å². The summed E-state index contributed by atoms with van der Waals surface area (Å²) in [4.78, 5) is 26.4. The van der Waals surface area contributed by atoms with Gasteiger partial charge in [-0.25, -0.2) is 4.79 Å². The van der Waals surface area contributed by atoms with Crippen molar-refractivity contribution in [3.8, 4) is 0 Å². The summed E-state index contributed by atoms with van der Waals surface area (Å²) in [6.07, 6.45) is 6.21. The Morgan fingerprint density at radius 2 is 1.84 bits per heavy atom. The van der Waals surface area contributed by atoms with Crippen molar-refractivity contribution in [2.75, 3.05) is 13.1 Å². The maximum Gasteiger partial charge on any atom is 0.317 e. The van der Waals surface area contributed by atoms with Crippen molar-refractivity contribution in [2.45, 2.75) is 64.5 Å². The zero-order valence-corrected chi connectivity index (χ0v) is 15.5. The molecule has 1 aliphatic rings. The van der Waals surface area contributed by atoms with Crippen LogP contribution >= 0.6 is 0 Å². The number of urea groups is 1. The van der Waals surface area contributed by atoms with Gasteiger partial charge < -0.3 is 15.5 Å². The molecule has 1 saturated heterocycles. The third kappa shape index (κ3) is 6.40. The fourth-order valence-electron chi connectivity index (χ4n) is 3.16. The summed E-state index contributed by atoms with van der Waals surface area (Å²) in [5, 5.41) is 6.16.